The predicted octanol–water partition coefficient (Wildman–Crippen LogP) is 7.58. The number of nitrogens with two attached hydrogens (primary N) is 1. The molecule has 80 heavy (non-hydrogen) atoms. The summed E-state index contributed by atoms with van der Waals surface area (Å²) in [4.78, 5) is 47.7. The van der Waals surface area contributed by atoms with Crippen LogP contribution >= 0.6 is 11.3 Å². The lowest BCUT2D eigenvalue weighted by Crippen LogP contribution is -2.56. The number of aliphatic hydroxyl groups is 1. The van der Waals surface area contributed by atoms with Crippen molar-refractivity contribution in [3.05, 3.63) is 83.2 Å². The third-order valence-electron chi connectivity index (χ3n) is 18.5. The molecule has 8 heterocycles. The van der Waals surface area contributed by atoms with Gasteiger partial charge in [0.25, 0.3) is 0 Å². The lowest BCUT2D eigenvalue weighted by atomic mass is 9.81. The molecular formula is C61H84N12O6S. The fourth-order valence-corrected chi connectivity index (χ4v) is 14.3. The molecule has 5 aromatic rings. The Bertz CT molecular complexity index is 2860. The number of nitrogens with zero attached hydrogens (tertiary/aromatic N) is 10. The maximum absolute atomic E-state index is 14.4. The number of ether oxygens (including phenoxy) is 1. The second-order valence-electron chi connectivity index (χ2n) is 24.4. The van der Waals surface area contributed by atoms with E-state index in [1.165, 1.54) is 0 Å². The molecule has 1 aliphatic carbocycles. The average Bonchev–Trinajstić information content (AvgIpc) is 4.26. The number of hydrogen-bond donors (Lipinski definition) is 4. The van der Waals surface area contributed by atoms with Gasteiger partial charge in [0.1, 0.15) is 17.7 Å². The third-order valence-corrected chi connectivity index (χ3v) is 19.4. The molecule has 0 spiro atoms. The number of nitrogens with one attached hydrogen (secondary N) is 1. The van der Waals surface area contributed by atoms with Crippen LogP contribution in [0.15, 0.2) is 70.7 Å². The summed E-state index contributed by atoms with van der Waals surface area (Å²) in [6.45, 7) is 21.0. The number of thiazole rings is 1. The number of amides is 2. The maximum Gasteiger partial charge on any atom is 0.243 e. The SMILES string of the molecule is Cc1ncsc1-c1ccc([C@H](C)NC(=O)[C@@H]2CCCN2C(=O)[C@@H](c2cc(N3CCC(CN4CCC(OC5CC(CN6CCN(CC7(O)CCN(c8cc(-c9ccccc9O)nnc8N)CC7)CC6)C5)CC4)CC3)no2)C(C)C)cc1. The molecular weight excluding hydrogens is 1030 g/mol. The molecule has 19 heteroatoms. The van der Waals surface area contributed by atoms with E-state index < -0.39 is 17.6 Å². The van der Waals surface area contributed by atoms with Crippen LogP contribution in [0.25, 0.3) is 21.7 Å². The van der Waals surface area contributed by atoms with Crippen LogP contribution < -0.4 is 20.9 Å². The molecule has 0 radical (unpaired) electrons. The number of β-amino-alcohol motifs (C(OH)–C–C–N with tert-alkyl or cyclic N) is 1. The number of carbonyl (C=O) groups is 2. The van der Waals surface area contributed by atoms with Crippen molar-refractivity contribution >= 4 is 40.5 Å². The number of piperazine rings is 1. The van der Waals surface area contributed by atoms with E-state index in [4.69, 9.17) is 15.0 Å². The number of hydrogen-bond acceptors (Lipinski definition) is 17. The minimum atomic E-state index is -0.739. The first-order valence-corrected chi connectivity index (χ1v) is 30.6. The standard InChI is InChI=1S/C61H84N12O6S/c1-40(2)56(60(76)73-21-7-9-51(73)59(75)64-41(3)45-11-13-46(14-12-45)57-42(4)63-39-80-57)54-35-55(67-79-54)72-24-15-43(16-25-72)36-68-22-17-47(18-23-68)78-48-32-44(33-48)37-69-28-30-70(31-29-69)38-61(77)19-26-71(27-20-61)52-34-50(65-66-58(52)62)49-8-5-6-10-53(49)74/h5-6,8,10-14,34-35,39-41,43-44,47-48,51,56,74,77H,7,9,15-33,36-38H2,1-4H3,(H2,62,66)(H,64,75)/t41-,44?,48?,51-,56+/m0/s1. The highest BCUT2D eigenvalue weighted by atomic mass is 32.1. The van der Waals surface area contributed by atoms with E-state index in [1.807, 2.05) is 57.5 Å². The Morgan fingerprint density at radius 1 is 0.812 bits per heavy atom. The van der Waals surface area contributed by atoms with Gasteiger partial charge in [-0.25, -0.2) is 4.98 Å². The number of rotatable bonds is 18. The summed E-state index contributed by atoms with van der Waals surface area (Å²) in [5.74, 6) is 2.48. The fraction of sp³-hybridized carbons (Fsp3) is 0.607. The highest BCUT2D eigenvalue weighted by Gasteiger charge is 2.42. The molecule has 5 N–H and O–H groups in total. The van der Waals surface area contributed by atoms with Crippen molar-refractivity contribution in [2.45, 2.75) is 128 Å². The summed E-state index contributed by atoms with van der Waals surface area (Å²) in [7, 11) is 0. The Hall–Kier alpha value is -5.70. The first kappa shape index (κ1) is 56.2. The van der Waals surface area contributed by atoms with Crippen LogP contribution in [-0.4, -0.2) is 177 Å². The largest absolute Gasteiger partial charge is 0.507 e. The number of carbonyl (C=O) groups excluding carboxylic acids is 2. The average molecular weight is 1110 g/mol. The van der Waals surface area contributed by atoms with Crippen LogP contribution in [0.3, 0.4) is 0 Å². The zero-order valence-corrected chi connectivity index (χ0v) is 48.2. The van der Waals surface area contributed by atoms with Crippen LogP contribution in [0.2, 0.25) is 0 Å². The van der Waals surface area contributed by atoms with Crippen molar-refractivity contribution in [2.75, 3.05) is 107 Å². The van der Waals surface area contributed by atoms with Gasteiger partial charge in [0.15, 0.2) is 17.4 Å². The molecule has 6 fully saturated rings. The number of nitrogen functional groups attached to an aromatic ring is 1. The topological polar surface area (TPSA) is 206 Å². The molecule has 3 atom stereocenters. The van der Waals surface area contributed by atoms with E-state index >= 15 is 0 Å². The molecule has 2 amide bonds. The molecule has 430 valence electrons. The van der Waals surface area contributed by atoms with Gasteiger partial charge in [-0.15, -0.1) is 21.5 Å². The van der Waals surface area contributed by atoms with Gasteiger partial charge in [-0.3, -0.25) is 14.5 Å². The molecule has 0 bridgehead atoms. The van der Waals surface area contributed by atoms with Crippen LogP contribution in [0.5, 0.6) is 5.75 Å². The van der Waals surface area contributed by atoms with Gasteiger partial charge in [0, 0.05) is 103 Å². The predicted molar refractivity (Wildman–Crippen MR) is 312 cm³/mol. The number of aromatic nitrogens is 4. The lowest BCUT2D eigenvalue weighted by Gasteiger charge is -2.45. The van der Waals surface area contributed by atoms with Crippen LogP contribution in [0.4, 0.5) is 17.3 Å². The zero-order valence-electron chi connectivity index (χ0n) is 47.4. The van der Waals surface area contributed by atoms with E-state index in [1.54, 1.807) is 28.4 Å². The second-order valence-corrected chi connectivity index (χ2v) is 25.3. The van der Waals surface area contributed by atoms with E-state index in [-0.39, 0.29) is 29.5 Å². The number of phenols is 1. The Morgan fingerprint density at radius 3 is 2.21 bits per heavy atom. The van der Waals surface area contributed by atoms with Crippen molar-refractivity contribution in [1.82, 2.24) is 45.3 Å². The van der Waals surface area contributed by atoms with Crippen LogP contribution in [0, 0.1) is 24.7 Å². The molecule has 5 aliphatic heterocycles. The van der Waals surface area contributed by atoms with E-state index in [9.17, 15) is 19.8 Å². The molecule has 18 nitrogen and oxygen atoms in total. The van der Waals surface area contributed by atoms with Gasteiger partial charge in [0.05, 0.1) is 51.3 Å². The van der Waals surface area contributed by atoms with Crippen molar-refractivity contribution in [1.29, 1.82) is 0 Å². The monoisotopic (exact) mass is 1110 g/mol. The summed E-state index contributed by atoms with van der Waals surface area (Å²) in [6.07, 6.45) is 10.2. The number of aryl methyl sites for hydroxylation is 1. The highest BCUT2D eigenvalue weighted by Crippen LogP contribution is 2.38. The number of para-hydroxylation sites is 1. The van der Waals surface area contributed by atoms with E-state index in [0.29, 0.717) is 92.3 Å². The zero-order chi connectivity index (χ0) is 55.5. The fourth-order valence-electron chi connectivity index (χ4n) is 13.5. The van der Waals surface area contributed by atoms with Crippen molar-refractivity contribution in [3.63, 3.8) is 0 Å². The van der Waals surface area contributed by atoms with Gasteiger partial charge in [-0.1, -0.05) is 55.4 Å². The van der Waals surface area contributed by atoms with E-state index in [0.717, 1.165) is 144 Å². The smallest absolute Gasteiger partial charge is 0.243 e. The van der Waals surface area contributed by atoms with Crippen molar-refractivity contribution < 1.29 is 29.1 Å². The number of likely N-dealkylation sites (tertiary alicyclic amines) is 2. The van der Waals surface area contributed by atoms with Crippen LogP contribution in [0.1, 0.15) is 114 Å². The molecule has 2 aromatic carbocycles. The third kappa shape index (κ3) is 13.0. The summed E-state index contributed by atoms with van der Waals surface area (Å²) in [6, 6.07) is 18.5. The molecule has 3 aromatic heterocycles. The number of phenolic OH excluding ortho intramolecular Hbond substituents is 1. The van der Waals surface area contributed by atoms with Gasteiger partial charge < -0.3 is 55.0 Å². The minimum Gasteiger partial charge on any atom is -0.507 e. The number of benzene rings is 2. The number of piperidine rings is 3. The Labute approximate surface area is 476 Å². The van der Waals surface area contributed by atoms with Crippen molar-refractivity contribution in [3.8, 4) is 27.4 Å². The summed E-state index contributed by atoms with van der Waals surface area (Å²) in [5, 5.41) is 38.2. The highest BCUT2D eigenvalue weighted by molar-refractivity contribution is 7.13. The molecule has 6 aliphatic rings. The van der Waals surface area contributed by atoms with Gasteiger partial charge >= 0.3 is 0 Å². The second kappa shape index (κ2) is 24.8. The first-order valence-electron chi connectivity index (χ1n) is 29.8. The molecule has 5 saturated heterocycles. The summed E-state index contributed by atoms with van der Waals surface area (Å²) >= 11 is 1.63. The van der Waals surface area contributed by atoms with Gasteiger partial charge in [0.2, 0.25) is 11.8 Å². The Morgan fingerprint density at radius 2 is 1.51 bits per heavy atom. The minimum absolute atomic E-state index is 0.0316. The number of aromatic hydroxyl groups is 1. The Kier molecular flexibility index (Phi) is 17.4. The van der Waals surface area contributed by atoms with Crippen LogP contribution in [-0.2, 0) is 14.3 Å². The molecule has 1 saturated carbocycles. The summed E-state index contributed by atoms with van der Waals surface area (Å²) in [5.41, 5.74) is 12.5. The summed E-state index contributed by atoms with van der Waals surface area (Å²) < 4.78 is 12.7. The number of anilines is 3. The van der Waals surface area contributed by atoms with Crippen molar-refractivity contribution in [2.24, 2.45) is 17.8 Å². The lowest BCUT2D eigenvalue weighted by molar-refractivity contribution is -0.141. The first-order chi connectivity index (χ1) is 38.7. The molecule has 0 unspecified atom stereocenters. The van der Waals surface area contributed by atoms with Gasteiger partial charge in [-0.2, -0.15) is 0 Å². The van der Waals surface area contributed by atoms with E-state index in [2.05, 4.69) is 74.4 Å². The Balaban J connectivity index is 0.556. The quantitative estimate of drug-likeness (QED) is 0.0667. The normalized spacial score (nSPS) is 23.6. The van der Waals surface area contributed by atoms with Gasteiger partial charge in [-0.05, 0) is 125 Å². The molecule has 11 rings (SSSR count). The maximum atomic E-state index is 14.4.